The summed E-state index contributed by atoms with van der Waals surface area (Å²) in [6.45, 7) is 9.67. The van der Waals surface area contributed by atoms with E-state index in [0.29, 0.717) is 0 Å². The Hall–Kier alpha value is -0.0800. The van der Waals surface area contributed by atoms with Crippen molar-refractivity contribution in [3.05, 3.63) is 0 Å². The van der Waals surface area contributed by atoms with Crippen LogP contribution < -0.4 is 0 Å². The Labute approximate surface area is 137 Å². The second-order valence-corrected chi connectivity index (χ2v) is 9.36. The predicted octanol–water partition coefficient (Wildman–Crippen LogP) is 4.29. The van der Waals surface area contributed by atoms with Gasteiger partial charge in [0, 0.05) is 36.3 Å². The summed E-state index contributed by atoms with van der Waals surface area (Å²) in [5.41, 5.74) is 0. The van der Waals surface area contributed by atoms with Gasteiger partial charge in [-0.2, -0.15) is 0 Å². The van der Waals surface area contributed by atoms with E-state index in [-0.39, 0.29) is 0 Å². The van der Waals surface area contributed by atoms with Crippen molar-refractivity contribution in [2.75, 3.05) is 0 Å². The van der Waals surface area contributed by atoms with Crippen LogP contribution in [0.3, 0.4) is 0 Å². The fourth-order valence-corrected chi connectivity index (χ4v) is 6.72. The molecule has 126 valence electrons. The van der Waals surface area contributed by atoms with Gasteiger partial charge in [-0.15, -0.1) is 0 Å². The Bertz CT molecular complexity index is 362. The van der Waals surface area contributed by atoms with Crippen LogP contribution in [0.2, 0.25) is 0 Å². The van der Waals surface area contributed by atoms with Crippen molar-refractivity contribution < 1.29 is 0 Å². The largest absolute Gasteiger partial charge is 0.295 e. The van der Waals surface area contributed by atoms with Crippen LogP contribution in [0.25, 0.3) is 0 Å². The first-order valence-corrected chi connectivity index (χ1v) is 10.1. The van der Waals surface area contributed by atoms with E-state index in [4.69, 9.17) is 0 Å². The lowest BCUT2D eigenvalue weighted by Crippen LogP contribution is -2.71. The van der Waals surface area contributed by atoms with Crippen molar-refractivity contribution in [1.29, 1.82) is 0 Å². The van der Waals surface area contributed by atoms with E-state index >= 15 is 0 Å². The minimum atomic E-state index is 0.755. The van der Waals surface area contributed by atoms with Gasteiger partial charge in [-0.1, -0.05) is 13.8 Å². The molecule has 5 aliphatic rings. The second-order valence-electron chi connectivity index (χ2n) is 9.36. The van der Waals surface area contributed by atoms with E-state index in [1.807, 2.05) is 0 Å². The molecule has 0 spiro atoms. The summed E-state index contributed by atoms with van der Waals surface area (Å²) in [5, 5.41) is 0. The number of nitrogens with zero attached hydrogens (tertiary/aromatic N) is 2. The van der Waals surface area contributed by atoms with Crippen LogP contribution in [0.5, 0.6) is 0 Å². The molecular weight excluding hydrogens is 268 g/mol. The Balaban J connectivity index is 1.43. The van der Waals surface area contributed by atoms with Crippen molar-refractivity contribution >= 4 is 0 Å². The zero-order valence-corrected chi connectivity index (χ0v) is 15.2. The lowest BCUT2D eigenvalue weighted by atomic mass is 9.70. The van der Waals surface area contributed by atoms with Gasteiger partial charge in [0.1, 0.15) is 0 Å². The molecule has 0 atom stereocenters. The van der Waals surface area contributed by atoms with Crippen LogP contribution in [0.15, 0.2) is 0 Å². The molecule has 4 heterocycles. The van der Waals surface area contributed by atoms with Gasteiger partial charge in [0.2, 0.25) is 0 Å². The normalized spacial score (nSPS) is 46.1. The Morgan fingerprint density at radius 1 is 0.636 bits per heavy atom. The van der Waals surface area contributed by atoms with Crippen molar-refractivity contribution in [2.24, 2.45) is 11.8 Å². The first kappa shape index (κ1) is 15.4. The zero-order valence-electron chi connectivity index (χ0n) is 15.2. The highest BCUT2D eigenvalue weighted by atomic mass is 15.3. The lowest BCUT2D eigenvalue weighted by Gasteiger charge is -2.64. The molecule has 4 bridgehead atoms. The standard InChI is InChI=1S/C20H36N2/c1-13(2)15-5-7-16(8-6-15)22-19-9-17-10-20(22)12-18(11-19)21(17)14(3)4/h13-20H,5-12H2,1-4H3. The summed E-state index contributed by atoms with van der Waals surface area (Å²) in [5.74, 6) is 1.90. The van der Waals surface area contributed by atoms with Gasteiger partial charge in [-0.25, -0.2) is 0 Å². The molecule has 4 saturated heterocycles. The average Bonchev–Trinajstić information content (AvgIpc) is 2.46. The van der Waals surface area contributed by atoms with Crippen molar-refractivity contribution in [3.8, 4) is 0 Å². The maximum Gasteiger partial charge on any atom is 0.0131 e. The SMILES string of the molecule is CC(C)C1CCC(N2C3CC4CC2CC(C3)N4C(C)C)CC1. The van der Waals surface area contributed by atoms with E-state index in [0.717, 1.165) is 48.1 Å². The average molecular weight is 305 g/mol. The third-order valence-corrected chi connectivity index (χ3v) is 7.57. The summed E-state index contributed by atoms with van der Waals surface area (Å²) < 4.78 is 0. The lowest BCUT2D eigenvalue weighted by molar-refractivity contribution is -0.137. The van der Waals surface area contributed by atoms with E-state index < -0.39 is 0 Å². The summed E-state index contributed by atoms with van der Waals surface area (Å²) in [6, 6.07) is 5.36. The summed E-state index contributed by atoms with van der Waals surface area (Å²) in [7, 11) is 0. The Kier molecular flexibility index (Phi) is 4.05. The zero-order chi connectivity index (χ0) is 15.4. The molecule has 22 heavy (non-hydrogen) atoms. The van der Waals surface area contributed by atoms with E-state index in [2.05, 4.69) is 37.5 Å². The smallest absolute Gasteiger partial charge is 0.0131 e. The minimum Gasteiger partial charge on any atom is -0.295 e. The fraction of sp³-hybridized carbons (Fsp3) is 1.00. The summed E-state index contributed by atoms with van der Waals surface area (Å²) >= 11 is 0. The first-order chi connectivity index (χ1) is 10.5. The molecule has 0 aromatic carbocycles. The summed E-state index contributed by atoms with van der Waals surface area (Å²) in [4.78, 5) is 5.92. The Morgan fingerprint density at radius 3 is 1.55 bits per heavy atom. The molecular formula is C20H36N2. The van der Waals surface area contributed by atoms with Gasteiger partial charge < -0.3 is 0 Å². The van der Waals surface area contributed by atoms with Gasteiger partial charge in [0.25, 0.3) is 0 Å². The quantitative estimate of drug-likeness (QED) is 0.767. The molecule has 0 N–H and O–H groups in total. The number of piperidine rings is 4. The minimum absolute atomic E-state index is 0.755. The van der Waals surface area contributed by atoms with Gasteiger partial charge in [-0.3, -0.25) is 9.80 Å². The molecule has 0 radical (unpaired) electrons. The third-order valence-electron chi connectivity index (χ3n) is 7.57. The predicted molar refractivity (Wildman–Crippen MR) is 93.0 cm³/mol. The monoisotopic (exact) mass is 304 g/mol. The van der Waals surface area contributed by atoms with Gasteiger partial charge >= 0.3 is 0 Å². The van der Waals surface area contributed by atoms with Gasteiger partial charge in [-0.05, 0) is 77.0 Å². The molecule has 0 aromatic rings. The molecule has 2 nitrogen and oxygen atoms in total. The molecule has 2 heteroatoms. The van der Waals surface area contributed by atoms with Crippen LogP contribution >= 0.6 is 0 Å². The Morgan fingerprint density at radius 2 is 1.14 bits per heavy atom. The van der Waals surface area contributed by atoms with Crippen LogP contribution in [-0.2, 0) is 0 Å². The van der Waals surface area contributed by atoms with Crippen molar-refractivity contribution in [1.82, 2.24) is 9.80 Å². The molecule has 1 saturated carbocycles. The highest BCUT2D eigenvalue weighted by Crippen LogP contribution is 2.48. The fourth-order valence-electron chi connectivity index (χ4n) is 6.72. The highest BCUT2D eigenvalue weighted by Gasteiger charge is 2.52. The topological polar surface area (TPSA) is 6.48 Å². The number of hydrogen-bond acceptors (Lipinski definition) is 2. The van der Waals surface area contributed by atoms with E-state index in [1.54, 1.807) is 0 Å². The van der Waals surface area contributed by atoms with Crippen LogP contribution in [0.4, 0.5) is 0 Å². The number of hydrogen-bond donors (Lipinski definition) is 0. The summed E-state index contributed by atoms with van der Waals surface area (Å²) in [6.07, 6.45) is 11.8. The van der Waals surface area contributed by atoms with E-state index in [1.165, 1.54) is 51.4 Å². The number of rotatable bonds is 3. The third kappa shape index (κ3) is 2.45. The van der Waals surface area contributed by atoms with Crippen LogP contribution in [-0.4, -0.2) is 46.1 Å². The maximum absolute atomic E-state index is 3.04. The molecule has 0 amide bonds. The molecule has 5 rings (SSSR count). The van der Waals surface area contributed by atoms with Crippen LogP contribution in [0.1, 0.15) is 79.1 Å². The van der Waals surface area contributed by atoms with Crippen molar-refractivity contribution in [3.63, 3.8) is 0 Å². The molecule has 4 aliphatic heterocycles. The molecule has 0 unspecified atom stereocenters. The van der Waals surface area contributed by atoms with Crippen molar-refractivity contribution in [2.45, 2.75) is 115 Å². The molecule has 0 aromatic heterocycles. The second kappa shape index (κ2) is 5.77. The first-order valence-electron chi connectivity index (χ1n) is 10.1. The van der Waals surface area contributed by atoms with Crippen LogP contribution in [0, 0.1) is 11.8 Å². The van der Waals surface area contributed by atoms with Gasteiger partial charge in [0.15, 0.2) is 0 Å². The van der Waals surface area contributed by atoms with E-state index in [9.17, 15) is 0 Å². The highest BCUT2D eigenvalue weighted by molar-refractivity contribution is 5.09. The molecule has 1 aliphatic carbocycles. The molecule has 5 fully saturated rings. The van der Waals surface area contributed by atoms with Gasteiger partial charge in [0.05, 0.1) is 0 Å². The maximum atomic E-state index is 3.04.